The van der Waals surface area contributed by atoms with Crippen LogP contribution in [0.2, 0.25) is 0 Å². The lowest BCUT2D eigenvalue weighted by atomic mass is 9.84. The van der Waals surface area contributed by atoms with Crippen LogP contribution in [-0.4, -0.2) is 30.4 Å². The van der Waals surface area contributed by atoms with Crippen molar-refractivity contribution < 1.29 is 14.9 Å². The number of aromatic hydroxyl groups is 2. The van der Waals surface area contributed by atoms with Gasteiger partial charge in [-0.1, -0.05) is 18.2 Å². The van der Waals surface area contributed by atoms with E-state index in [4.69, 9.17) is 4.74 Å². The molecule has 2 unspecified atom stereocenters. The molecular weight excluding hydrogens is 266 g/mol. The van der Waals surface area contributed by atoms with E-state index in [0.29, 0.717) is 5.92 Å². The molecule has 0 radical (unpaired) electrons. The molecule has 2 atom stereocenters. The Labute approximate surface area is 124 Å². The zero-order valence-corrected chi connectivity index (χ0v) is 11.9. The van der Waals surface area contributed by atoms with Crippen molar-refractivity contribution in [3.05, 3.63) is 53.6 Å². The molecule has 0 saturated carbocycles. The van der Waals surface area contributed by atoms with Crippen molar-refractivity contribution in [2.45, 2.75) is 11.8 Å². The molecule has 1 saturated heterocycles. The van der Waals surface area contributed by atoms with Crippen LogP contribution in [0.5, 0.6) is 17.2 Å². The van der Waals surface area contributed by atoms with Gasteiger partial charge in [-0.15, -0.1) is 0 Å². The van der Waals surface area contributed by atoms with Gasteiger partial charge in [0.05, 0.1) is 7.11 Å². The summed E-state index contributed by atoms with van der Waals surface area (Å²) in [6.45, 7) is 1.74. The fraction of sp³-hybridized carbons (Fsp3) is 0.294. The smallest absolute Gasteiger partial charge is 0.157 e. The van der Waals surface area contributed by atoms with E-state index in [0.717, 1.165) is 24.4 Å². The molecule has 21 heavy (non-hydrogen) atoms. The van der Waals surface area contributed by atoms with Gasteiger partial charge in [0.15, 0.2) is 11.5 Å². The third-order valence-corrected chi connectivity index (χ3v) is 4.16. The summed E-state index contributed by atoms with van der Waals surface area (Å²) in [6, 6.07) is 13.2. The van der Waals surface area contributed by atoms with Crippen LogP contribution in [-0.2, 0) is 0 Å². The van der Waals surface area contributed by atoms with E-state index >= 15 is 0 Å². The monoisotopic (exact) mass is 285 g/mol. The molecule has 1 aliphatic heterocycles. The van der Waals surface area contributed by atoms with Crippen molar-refractivity contribution >= 4 is 0 Å². The summed E-state index contributed by atoms with van der Waals surface area (Å²) in [5, 5.41) is 22.6. The fourth-order valence-electron chi connectivity index (χ4n) is 3.02. The van der Waals surface area contributed by atoms with Gasteiger partial charge < -0.3 is 20.3 Å². The topological polar surface area (TPSA) is 61.7 Å². The van der Waals surface area contributed by atoms with Crippen LogP contribution in [0.1, 0.15) is 23.0 Å². The van der Waals surface area contributed by atoms with Crippen molar-refractivity contribution in [3.8, 4) is 17.2 Å². The van der Waals surface area contributed by atoms with Gasteiger partial charge in [-0.25, -0.2) is 0 Å². The van der Waals surface area contributed by atoms with Crippen LogP contribution in [0.15, 0.2) is 42.5 Å². The van der Waals surface area contributed by atoms with E-state index in [-0.39, 0.29) is 17.4 Å². The minimum absolute atomic E-state index is 0.0659. The summed E-state index contributed by atoms with van der Waals surface area (Å²) >= 11 is 0. The maximum Gasteiger partial charge on any atom is 0.157 e. The maximum atomic E-state index is 9.71. The summed E-state index contributed by atoms with van der Waals surface area (Å²) in [4.78, 5) is 0. The molecule has 1 fully saturated rings. The molecule has 0 aliphatic carbocycles. The number of rotatable bonds is 3. The van der Waals surface area contributed by atoms with Gasteiger partial charge in [0.1, 0.15) is 5.75 Å². The Bertz CT molecular complexity index is 642. The van der Waals surface area contributed by atoms with Crippen molar-refractivity contribution in [1.29, 1.82) is 0 Å². The molecule has 0 spiro atoms. The predicted molar refractivity (Wildman–Crippen MR) is 81.1 cm³/mol. The zero-order chi connectivity index (χ0) is 14.8. The van der Waals surface area contributed by atoms with Crippen LogP contribution in [0.25, 0.3) is 0 Å². The number of hydrogen-bond acceptors (Lipinski definition) is 4. The number of hydrogen-bond donors (Lipinski definition) is 3. The summed E-state index contributed by atoms with van der Waals surface area (Å²) < 4.78 is 5.30. The molecule has 0 aromatic heterocycles. The minimum atomic E-state index is -0.0809. The first-order valence-electron chi connectivity index (χ1n) is 7.05. The Morgan fingerprint density at radius 2 is 1.67 bits per heavy atom. The molecule has 3 N–H and O–H groups in total. The highest BCUT2D eigenvalue weighted by atomic mass is 16.5. The number of ether oxygens (including phenoxy) is 1. The Morgan fingerprint density at radius 3 is 2.33 bits per heavy atom. The molecular formula is C17H19NO3. The molecule has 1 aliphatic rings. The zero-order valence-electron chi connectivity index (χ0n) is 11.9. The van der Waals surface area contributed by atoms with Crippen LogP contribution in [0.3, 0.4) is 0 Å². The Balaban J connectivity index is 1.92. The largest absolute Gasteiger partial charge is 0.504 e. The fourth-order valence-corrected chi connectivity index (χ4v) is 3.02. The molecule has 3 rings (SSSR count). The molecule has 2 aromatic carbocycles. The van der Waals surface area contributed by atoms with E-state index in [2.05, 4.69) is 17.4 Å². The number of phenolic OH excluding ortho intramolecular Hbond substituents is 2. The van der Waals surface area contributed by atoms with Crippen LogP contribution in [0.4, 0.5) is 0 Å². The summed E-state index contributed by atoms with van der Waals surface area (Å²) in [7, 11) is 1.67. The van der Waals surface area contributed by atoms with Gasteiger partial charge in [-0.05, 0) is 35.4 Å². The average Bonchev–Trinajstić information content (AvgIpc) is 2.99. The first-order chi connectivity index (χ1) is 10.2. The lowest BCUT2D eigenvalue weighted by molar-refractivity contribution is 0.402. The minimum Gasteiger partial charge on any atom is -0.504 e. The number of benzene rings is 2. The average molecular weight is 285 g/mol. The van der Waals surface area contributed by atoms with E-state index in [9.17, 15) is 10.2 Å². The number of phenols is 2. The van der Waals surface area contributed by atoms with Crippen LogP contribution >= 0.6 is 0 Å². The Kier molecular flexibility index (Phi) is 3.71. The molecule has 4 heteroatoms. The number of nitrogens with one attached hydrogen (secondary N) is 1. The second kappa shape index (κ2) is 5.66. The highest BCUT2D eigenvalue weighted by molar-refractivity contribution is 5.44. The normalized spacial score (nSPS) is 21.4. The third kappa shape index (κ3) is 2.67. The van der Waals surface area contributed by atoms with Gasteiger partial charge in [0, 0.05) is 24.9 Å². The molecule has 2 aromatic rings. The third-order valence-electron chi connectivity index (χ3n) is 4.16. The Hall–Kier alpha value is -2.20. The quantitative estimate of drug-likeness (QED) is 0.759. The summed E-state index contributed by atoms with van der Waals surface area (Å²) in [5.74, 6) is 1.30. The van der Waals surface area contributed by atoms with Gasteiger partial charge in [-0.2, -0.15) is 0 Å². The predicted octanol–water partition coefficient (Wildman–Crippen LogP) is 2.58. The summed E-state index contributed by atoms with van der Waals surface area (Å²) in [5.41, 5.74) is 2.25. The second-order valence-corrected chi connectivity index (χ2v) is 5.40. The van der Waals surface area contributed by atoms with Crippen molar-refractivity contribution in [2.75, 3.05) is 20.2 Å². The molecule has 0 bridgehead atoms. The van der Waals surface area contributed by atoms with Crippen molar-refractivity contribution in [3.63, 3.8) is 0 Å². The summed E-state index contributed by atoms with van der Waals surface area (Å²) in [6.07, 6.45) is 0. The van der Waals surface area contributed by atoms with Crippen molar-refractivity contribution in [2.24, 2.45) is 0 Å². The molecule has 0 amide bonds. The molecule has 4 nitrogen and oxygen atoms in total. The lowest BCUT2D eigenvalue weighted by Gasteiger charge is -2.20. The van der Waals surface area contributed by atoms with Gasteiger partial charge in [0.25, 0.3) is 0 Å². The first-order valence-corrected chi connectivity index (χ1v) is 7.05. The van der Waals surface area contributed by atoms with Gasteiger partial charge >= 0.3 is 0 Å². The molecule has 110 valence electrons. The standard InChI is InChI=1S/C17H19NO3/c1-21-13-4-2-3-11(7-13)14-9-18-10-15(14)12-5-6-16(19)17(20)8-12/h2-8,14-15,18-20H,9-10H2,1H3. The highest BCUT2D eigenvalue weighted by Gasteiger charge is 2.30. The number of methoxy groups -OCH3 is 1. The SMILES string of the molecule is COc1cccc(C2CNCC2c2ccc(O)c(O)c2)c1. The van der Waals surface area contributed by atoms with Crippen molar-refractivity contribution in [1.82, 2.24) is 5.32 Å². The van der Waals surface area contributed by atoms with E-state index < -0.39 is 0 Å². The van der Waals surface area contributed by atoms with Crippen LogP contribution in [0, 0.1) is 0 Å². The first kappa shape index (κ1) is 13.8. The lowest BCUT2D eigenvalue weighted by Crippen LogP contribution is -2.09. The highest BCUT2D eigenvalue weighted by Crippen LogP contribution is 2.39. The van der Waals surface area contributed by atoms with E-state index in [1.165, 1.54) is 5.56 Å². The van der Waals surface area contributed by atoms with E-state index in [1.807, 2.05) is 18.2 Å². The van der Waals surface area contributed by atoms with Gasteiger partial charge in [0.2, 0.25) is 0 Å². The van der Waals surface area contributed by atoms with Crippen LogP contribution < -0.4 is 10.1 Å². The second-order valence-electron chi connectivity index (χ2n) is 5.40. The maximum absolute atomic E-state index is 9.71. The molecule has 1 heterocycles. The van der Waals surface area contributed by atoms with E-state index in [1.54, 1.807) is 19.2 Å². The van der Waals surface area contributed by atoms with Gasteiger partial charge in [-0.3, -0.25) is 0 Å². The Morgan fingerprint density at radius 1 is 0.952 bits per heavy atom.